The summed E-state index contributed by atoms with van der Waals surface area (Å²) in [6.07, 6.45) is 2.41. The van der Waals surface area contributed by atoms with E-state index < -0.39 is 35.8 Å². The zero-order valence-corrected chi connectivity index (χ0v) is 22.8. The Hall–Kier alpha value is -2.48. The van der Waals surface area contributed by atoms with Gasteiger partial charge in [0.1, 0.15) is 23.4 Å². The van der Waals surface area contributed by atoms with Crippen molar-refractivity contribution in [2.75, 3.05) is 26.6 Å². The number of thioether (sulfide) groups is 1. The molecule has 37 heavy (non-hydrogen) atoms. The lowest BCUT2D eigenvalue weighted by molar-refractivity contribution is -0.124. The van der Waals surface area contributed by atoms with E-state index in [1.165, 1.54) is 17.3 Å². The van der Waals surface area contributed by atoms with Gasteiger partial charge in [-0.05, 0) is 40.0 Å². The Kier molecular flexibility index (Phi) is 7.98. The Labute approximate surface area is 219 Å². The second-order valence-corrected chi connectivity index (χ2v) is 11.0. The molecule has 3 heterocycles. The van der Waals surface area contributed by atoms with Crippen molar-refractivity contribution in [1.82, 2.24) is 20.1 Å². The number of esters is 1. The van der Waals surface area contributed by atoms with E-state index in [0.29, 0.717) is 24.6 Å². The van der Waals surface area contributed by atoms with E-state index in [1.54, 1.807) is 14.2 Å². The summed E-state index contributed by atoms with van der Waals surface area (Å²) in [7, 11) is 4.41. The van der Waals surface area contributed by atoms with Gasteiger partial charge >= 0.3 is 12.1 Å². The summed E-state index contributed by atoms with van der Waals surface area (Å²) in [6.45, 7) is 6.80. The van der Waals surface area contributed by atoms with Crippen LogP contribution in [-0.4, -0.2) is 88.8 Å². The van der Waals surface area contributed by atoms with E-state index in [4.69, 9.17) is 18.9 Å². The Morgan fingerprint density at radius 3 is 2.62 bits per heavy atom. The molecular weight excluding hydrogens is 504 g/mol. The van der Waals surface area contributed by atoms with E-state index in [0.717, 1.165) is 18.2 Å². The molecule has 3 fully saturated rings. The molecule has 13 heteroatoms. The van der Waals surface area contributed by atoms with E-state index in [9.17, 15) is 14.4 Å². The largest absolute Gasteiger partial charge is 0.463 e. The summed E-state index contributed by atoms with van der Waals surface area (Å²) in [5.74, 6) is -1.44. The molecule has 2 amide bonds. The number of ether oxygens (including phenoxy) is 5. The Morgan fingerprint density at radius 1 is 1.27 bits per heavy atom. The van der Waals surface area contributed by atoms with E-state index >= 15 is 0 Å². The van der Waals surface area contributed by atoms with E-state index in [1.807, 2.05) is 0 Å². The van der Waals surface area contributed by atoms with Crippen LogP contribution < -0.4 is 5.32 Å². The second kappa shape index (κ2) is 10.7. The molecule has 2 saturated heterocycles. The smallest absolute Gasteiger partial charge is 0.414 e. The maximum absolute atomic E-state index is 12.6. The number of imide groups is 1. The first-order valence-electron chi connectivity index (χ1n) is 12.1. The van der Waals surface area contributed by atoms with Crippen LogP contribution in [0.3, 0.4) is 0 Å². The summed E-state index contributed by atoms with van der Waals surface area (Å²) < 4.78 is 29.7. The number of rotatable bonds is 9. The SMILES string of the molecule is COC(=O)c1nnc(SCC(=O)NC(=O)OC2CCC3(CO3)C(C3(C)OC3CC=C(C)C)C2OC)n1C. The highest BCUT2D eigenvalue weighted by atomic mass is 32.2. The summed E-state index contributed by atoms with van der Waals surface area (Å²) >= 11 is 1.02. The lowest BCUT2D eigenvalue weighted by atomic mass is 9.68. The van der Waals surface area contributed by atoms with Crippen LogP contribution in [0.25, 0.3) is 0 Å². The Bertz CT molecular complexity index is 1080. The fourth-order valence-corrected chi connectivity index (χ4v) is 5.94. The third-order valence-electron chi connectivity index (χ3n) is 7.27. The van der Waals surface area contributed by atoms with Crippen LogP contribution in [0.2, 0.25) is 0 Å². The maximum Gasteiger partial charge on any atom is 0.414 e. The minimum Gasteiger partial charge on any atom is -0.463 e. The number of allylic oxidation sites excluding steroid dienone is 1. The molecule has 1 spiro atoms. The van der Waals surface area contributed by atoms with Gasteiger partial charge in [0, 0.05) is 14.2 Å². The first kappa shape index (κ1) is 27.6. The van der Waals surface area contributed by atoms with Gasteiger partial charge in [-0.2, -0.15) is 0 Å². The predicted molar refractivity (Wildman–Crippen MR) is 131 cm³/mol. The quantitative estimate of drug-likeness (QED) is 0.213. The molecule has 0 aromatic carbocycles. The van der Waals surface area contributed by atoms with Gasteiger partial charge in [-0.3, -0.25) is 14.7 Å². The summed E-state index contributed by atoms with van der Waals surface area (Å²) in [6, 6.07) is 0. The third-order valence-corrected chi connectivity index (χ3v) is 8.29. The molecule has 1 aromatic rings. The zero-order chi connectivity index (χ0) is 27.0. The first-order chi connectivity index (χ1) is 17.5. The predicted octanol–water partition coefficient (Wildman–Crippen LogP) is 2.02. The van der Waals surface area contributed by atoms with Crippen LogP contribution in [0, 0.1) is 5.92 Å². The highest BCUT2D eigenvalue weighted by molar-refractivity contribution is 7.99. The molecule has 0 radical (unpaired) electrons. The summed E-state index contributed by atoms with van der Waals surface area (Å²) in [5.41, 5.74) is 0.440. The van der Waals surface area contributed by atoms with Crippen molar-refractivity contribution in [2.24, 2.45) is 13.0 Å². The molecule has 1 N–H and O–H groups in total. The molecule has 6 unspecified atom stereocenters. The molecule has 4 rings (SSSR count). The van der Waals surface area contributed by atoms with Crippen molar-refractivity contribution >= 4 is 29.7 Å². The highest BCUT2D eigenvalue weighted by Gasteiger charge is 2.72. The van der Waals surface area contributed by atoms with E-state index in [2.05, 4.69) is 47.1 Å². The average Bonchev–Trinajstić information content (AvgIpc) is 3.73. The number of carbonyl (C=O) groups is 3. The van der Waals surface area contributed by atoms with Gasteiger partial charge in [0.25, 0.3) is 0 Å². The van der Waals surface area contributed by atoms with Gasteiger partial charge in [0.15, 0.2) is 5.16 Å². The number of hydrogen-bond donors (Lipinski definition) is 1. The molecule has 12 nitrogen and oxygen atoms in total. The highest BCUT2D eigenvalue weighted by Crippen LogP contribution is 2.59. The molecule has 6 atom stereocenters. The maximum atomic E-state index is 12.6. The van der Waals surface area contributed by atoms with Crippen LogP contribution in [0.15, 0.2) is 16.8 Å². The van der Waals surface area contributed by atoms with Gasteiger partial charge in [-0.25, -0.2) is 9.59 Å². The zero-order valence-electron chi connectivity index (χ0n) is 21.9. The molecule has 1 aliphatic carbocycles. The minimum absolute atomic E-state index is 0.0103. The number of alkyl carbamates (subject to hydrolysis) is 1. The normalized spacial score (nSPS) is 31.9. The van der Waals surface area contributed by atoms with Gasteiger partial charge in [-0.1, -0.05) is 23.4 Å². The number of epoxide rings is 2. The molecule has 1 saturated carbocycles. The van der Waals surface area contributed by atoms with Crippen LogP contribution in [0.1, 0.15) is 50.7 Å². The van der Waals surface area contributed by atoms with E-state index in [-0.39, 0.29) is 29.2 Å². The number of amides is 2. The van der Waals surface area contributed by atoms with Crippen molar-refractivity contribution < 1.29 is 38.1 Å². The number of carbonyl (C=O) groups excluding carboxylic acids is 3. The second-order valence-electron chi connectivity index (χ2n) is 10.0. The molecule has 2 aliphatic heterocycles. The fourth-order valence-electron chi connectivity index (χ4n) is 5.23. The van der Waals surface area contributed by atoms with Gasteiger partial charge in [-0.15, -0.1) is 10.2 Å². The minimum atomic E-state index is -0.847. The Balaban J connectivity index is 1.33. The van der Waals surface area contributed by atoms with Crippen LogP contribution in [-0.2, 0) is 35.5 Å². The van der Waals surface area contributed by atoms with Gasteiger partial charge in [0.2, 0.25) is 11.7 Å². The van der Waals surface area contributed by atoms with Crippen molar-refractivity contribution in [1.29, 1.82) is 0 Å². The van der Waals surface area contributed by atoms with Crippen molar-refractivity contribution in [3.8, 4) is 0 Å². The molecule has 1 aromatic heterocycles. The summed E-state index contributed by atoms with van der Waals surface area (Å²) in [5, 5.41) is 10.2. The standard InChI is InChI=1S/C24H34N4O8S/c1-13(2)7-8-15-23(3,36-15)18-17(32-5)14(9-10-24(18)12-34-24)35-22(31)25-16(29)11-37-21-27-26-19(28(21)4)20(30)33-6/h7,14-15,17-18H,8-12H2,1-6H3,(H,25,29,31). The third kappa shape index (κ3) is 5.69. The fraction of sp³-hybridized carbons (Fsp3) is 0.708. The topological polar surface area (TPSA) is 147 Å². The van der Waals surface area contributed by atoms with Gasteiger partial charge < -0.3 is 23.7 Å². The van der Waals surface area contributed by atoms with Gasteiger partial charge in [0.05, 0.1) is 31.5 Å². The molecule has 0 bridgehead atoms. The number of methoxy groups -OCH3 is 2. The summed E-state index contributed by atoms with van der Waals surface area (Å²) in [4.78, 5) is 36.6. The lowest BCUT2D eigenvalue weighted by Gasteiger charge is -2.42. The monoisotopic (exact) mass is 538 g/mol. The number of hydrogen-bond acceptors (Lipinski definition) is 11. The number of nitrogens with zero attached hydrogens (tertiary/aromatic N) is 3. The average molecular weight is 539 g/mol. The number of nitrogens with one attached hydrogen (secondary N) is 1. The Morgan fingerprint density at radius 2 is 2.00 bits per heavy atom. The molecular formula is C24H34N4O8S. The van der Waals surface area contributed by atoms with Crippen molar-refractivity contribution in [3.05, 3.63) is 17.5 Å². The van der Waals surface area contributed by atoms with Crippen molar-refractivity contribution in [3.63, 3.8) is 0 Å². The molecule has 3 aliphatic rings. The molecule has 204 valence electrons. The number of aromatic nitrogens is 3. The van der Waals surface area contributed by atoms with Crippen LogP contribution in [0.5, 0.6) is 0 Å². The van der Waals surface area contributed by atoms with Crippen LogP contribution in [0.4, 0.5) is 4.79 Å². The van der Waals surface area contributed by atoms with Crippen molar-refractivity contribution in [2.45, 2.75) is 74.7 Å². The lowest BCUT2D eigenvalue weighted by Crippen LogP contribution is -2.56. The van der Waals surface area contributed by atoms with Crippen LogP contribution >= 0.6 is 11.8 Å². The first-order valence-corrected chi connectivity index (χ1v) is 13.1.